The van der Waals surface area contributed by atoms with Gasteiger partial charge in [0.2, 0.25) is 5.91 Å². The van der Waals surface area contributed by atoms with E-state index in [1.807, 2.05) is 0 Å². The Morgan fingerprint density at radius 3 is 2.89 bits per heavy atom. The molecular weight excluding hydrogens is 370 g/mol. The molecule has 3 aromatic rings. The highest BCUT2D eigenvalue weighted by atomic mass is 32.1. The fraction of sp³-hybridized carbons (Fsp3) is 0.333. The third-order valence-electron chi connectivity index (χ3n) is 4.04. The molecule has 1 N–H and O–H groups in total. The van der Waals surface area contributed by atoms with E-state index in [1.54, 1.807) is 32.9 Å². The highest BCUT2D eigenvalue weighted by Crippen LogP contribution is 2.27. The van der Waals surface area contributed by atoms with Gasteiger partial charge < -0.3 is 14.5 Å². The van der Waals surface area contributed by atoms with Crippen molar-refractivity contribution < 1.29 is 18.7 Å². The largest absolute Gasteiger partial charge is 0.467 e. The Hall–Kier alpha value is -2.94. The maximum absolute atomic E-state index is 12.8. The molecule has 3 aromatic heterocycles. The van der Waals surface area contributed by atoms with Crippen LogP contribution in [0.4, 0.5) is 0 Å². The van der Waals surface area contributed by atoms with Crippen LogP contribution in [0.5, 0.6) is 0 Å². The number of hydrogen-bond donors (Lipinski definition) is 1. The van der Waals surface area contributed by atoms with Gasteiger partial charge in [0.1, 0.15) is 22.0 Å². The van der Waals surface area contributed by atoms with Crippen molar-refractivity contribution in [3.8, 4) is 0 Å². The molecule has 0 saturated heterocycles. The van der Waals surface area contributed by atoms with E-state index in [0.29, 0.717) is 26.4 Å². The van der Waals surface area contributed by atoms with Crippen molar-refractivity contribution in [3.05, 3.63) is 51.3 Å². The van der Waals surface area contributed by atoms with Gasteiger partial charge in [-0.3, -0.25) is 14.2 Å². The van der Waals surface area contributed by atoms with Crippen LogP contribution < -0.4 is 10.9 Å². The van der Waals surface area contributed by atoms with Crippen molar-refractivity contribution in [2.45, 2.75) is 33.4 Å². The zero-order chi connectivity index (χ0) is 19.6. The van der Waals surface area contributed by atoms with Gasteiger partial charge in [0.05, 0.1) is 30.6 Å². The van der Waals surface area contributed by atoms with E-state index in [2.05, 4.69) is 10.3 Å². The zero-order valence-corrected chi connectivity index (χ0v) is 16.0. The third kappa shape index (κ3) is 3.77. The Morgan fingerprint density at radius 2 is 2.22 bits per heavy atom. The normalized spacial score (nSPS) is 12.1. The Bertz CT molecular complexity index is 1040. The van der Waals surface area contributed by atoms with Crippen LogP contribution in [-0.2, 0) is 16.1 Å². The minimum atomic E-state index is -0.478. The maximum atomic E-state index is 12.8. The van der Waals surface area contributed by atoms with Gasteiger partial charge in [-0.25, -0.2) is 9.78 Å². The molecule has 3 heterocycles. The maximum Gasteiger partial charge on any atom is 0.348 e. The first-order chi connectivity index (χ1) is 12.9. The molecule has 0 aliphatic heterocycles. The van der Waals surface area contributed by atoms with Gasteiger partial charge in [-0.05, 0) is 38.5 Å². The van der Waals surface area contributed by atoms with Crippen molar-refractivity contribution in [2.75, 3.05) is 6.61 Å². The van der Waals surface area contributed by atoms with Gasteiger partial charge in [0.25, 0.3) is 5.56 Å². The van der Waals surface area contributed by atoms with Crippen LogP contribution in [0.3, 0.4) is 0 Å². The van der Waals surface area contributed by atoms with E-state index in [0.717, 1.165) is 11.3 Å². The molecule has 0 aromatic carbocycles. The fourth-order valence-electron chi connectivity index (χ4n) is 2.71. The minimum absolute atomic E-state index is 0.184. The molecule has 1 atom stereocenters. The molecule has 3 rings (SSSR count). The van der Waals surface area contributed by atoms with Crippen LogP contribution in [0, 0.1) is 6.92 Å². The quantitative estimate of drug-likeness (QED) is 0.650. The number of nitrogens with one attached hydrogen (secondary N) is 1. The van der Waals surface area contributed by atoms with Gasteiger partial charge in [0.15, 0.2) is 0 Å². The van der Waals surface area contributed by atoms with Crippen molar-refractivity contribution in [1.82, 2.24) is 14.9 Å². The summed E-state index contributed by atoms with van der Waals surface area (Å²) in [6.45, 7) is 5.25. The number of ether oxygens (including phenoxy) is 1. The van der Waals surface area contributed by atoms with E-state index in [-0.39, 0.29) is 30.7 Å². The predicted molar refractivity (Wildman–Crippen MR) is 99.8 cm³/mol. The van der Waals surface area contributed by atoms with Gasteiger partial charge >= 0.3 is 5.97 Å². The standard InChI is InChI=1S/C18H19N3O5S/c1-4-25-18(24)15-10(2)14-16(27-15)19-9-21(17(14)23)8-13(22)20-11(3)12-6-5-7-26-12/h5-7,9,11H,4,8H2,1-3H3,(H,20,22). The lowest BCUT2D eigenvalue weighted by atomic mass is 10.2. The molecule has 0 radical (unpaired) electrons. The van der Waals surface area contributed by atoms with Crippen LogP contribution in [0.2, 0.25) is 0 Å². The third-order valence-corrected chi connectivity index (χ3v) is 5.22. The SMILES string of the molecule is CCOC(=O)c1sc2ncn(CC(=O)NC(C)c3ccco3)c(=O)c2c1C. The number of fused-ring (bicyclic) bond motifs is 1. The summed E-state index contributed by atoms with van der Waals surface area (Å²) in [6.07, 6.45) is 2.84. The summed E-state index contributed by atoms with van der Waals surface area (Å²) in [5.41, 5.74) is 0.148. The topological polar surface area (TPSA) is 103 Å². The van der Waals surface area contributed by atoms with E-state index >= 15 is 0 Å². The number of rotatable bonds is 6. The van der Waals surface area contributed by atoms with Crippen LogP contribution in [0.1, 0.15) is 40.9 Å². The molecular formula is C18H19N3O5S. The second-order valence-corrected chi connectivity index (χ2v) is 6.94. The monoisotopic (exact) mass is 389 g/mol. The van der Waals surface area contributed by atoms with E-state index in [9.17, 15) is 14.4 Å². The smallest absolute Gasteiger partial charge is 0.348 e. The van der Waals surface area contributed by atoms with Crippen LogP contribution in [0.25, 0.3) is 10.2 Å². The predicted octanol–water partition coefficient (Wildman–Crippen LogP) is 2.41. The summed E-state index contributed by atoms with van der Waals surface area (Å²) in [6, 6.07) is 3.18. The molecule has 1 unspecified atom stereocenters. The number of thiophene rings is 1. The van der Waals surface area contributed by atoms with E-state index < -0.39 is 5.97 Å². The molecule has 27 heavy (non-hydrogen) atoms. The fourth-order valence-corrected chi connectivity index (χ4v) is 3.75. The molecule has 0 spiro atoms. The van der Waals surface area contributed by atoms with Crippen molar-refractivity contribution in [2.24, 2.45) is 0 Å². The highest BCUT2D eigenvalue weighted by molar-refractivity contribution is 7.20. The Kier molecular flexibility index (Phi) is 5.41. The molecule has 142 valence electrons. The minimum Gasteiger partial charge on any atom is -0.467 e. The van der Waals surface area contributed by atoms with Crippen molar-refractivity contribution in [3.63, 3.8) is 0 Å². The lowest BCUT2D eigenvalue weighted by Crippen LogP contribution is -2.33. The number of nitrogens with zero attached hydrogens (tertiary/aromatic N) is 2. The highest BCUT2D eigenvalue weighted by Gasteiger charge is 2.21. The summed E-state index contributed by atoms with van der Waals surface area (Å²) in [4.78, 5) is 42.1. The first kappa shape index (κ1) is 18.8. The second-order valence-electron chi connectivity index (χ2n) is 5.94. The number of carbonyl (C=O) groups is 2. The number of amides is 1. The first-order valence-electron chi connectivity index (χ1n) is 8.40. The van der Waals surface area contributed by atoms with Gasteiger partial charge in [0, 0.05) is 0 Å². The average Bonchev–Trinajstić information content (AvgIpc) is 3.26. The van der Waals surface area contributed by atoms with Gasteiger partial charge in [-0.2, -0.15) is 0 Å². The van der Waals surface area contributed by atoms with Crippen molar-refractivity contribution >= 4 is 33.4 Å². The number of esters is 1. The van der Waals surface area contributed by atoms with E-state index in [1.165, 1.54) is 17.2 Å². The number of carbonyl (C=O) groups excluding carboxylic acids is 2. The summed E-state index contributed by atoms with van der Waals surface area (Å²) in [5, 5.41) is 3.10. The number of hydrogen-bond acceptors (Lipinski definition) is 7. The summed E-state index contributed by atoms with van der Waals surface area (Å²) < 4.78 is 11.5. The van der Waals surface area contributed by atoms with E-state index in [4.69, 9.17) is 9.15 Å². The lowest BCUT2D eigenvalue weighted by Gasteiger charge is -2.12. The molecule has 0 saturated carbocycles. The molecule has 0 aliphatic rings. The molecule has 9 heteroatoms. The molecule has 0 aliphatic carbocycles. The Morgan fingerprint density at radius 1 is 1.44 bits per heavy atom. The molecule has 8 nitrogen and oxygen atoms in total. The molecule has 0 fully saturated rings. The number of furan rings is 1. The van der Waals surface area contributed by atoms with Crippen LogP contribution >= 0.6 is 11.3 Å². The second kappa shape index (κ2) is 7.75. The Labute approximate surface area is 158 Å². The van der Waals surface area contributed by atoms with Crippen LogP contribution in [-0.4, -0.2) is 28.0 Å². The summed E-state index contributed by atoms with van der Waals surface area (Å²) in [5.74, 6) is -0.202. The van der Waals surface area contributed by atoms with Gasteiger partial charge in [-0.15, -0.1) is 11.3 Å². The first-order valence-corrected chi connectivity index (χ1v) is 9.22. The van der Waals surface area contributed by atoms with Gasteiger partial charge in [-0.1, -0.05) is 0 Å². The zero-order valence-electron chi connectivity index (χ0n) is 15.1. The average molecular weight is 389 g/mol. The lowest BCUT2D eigenvalue weighted by molar-refractivity contribution is -0.122. The van der Waals surface area contributed by atoms with Crippen LogP contribution in [0.15, 0.2) is 33.9 Å². The number of aromatic nitrogens is 2. The molecule has 0 bridgehead atoms. The Balaban J connectivity index is 1.84. The van der Waals surface area contributed by atoms with Crippen molar-refractivity contribution in [1.29, 1.82) is 0 Å². The molecule has 1 amide bonds. The summed E-state index contributed by atoms with van der Waals surface area (Å²) >= 11 is 1.11. The summed E-state index contributed by atoms with van der Waals surface area (Å²) in [7, 11) is 0. The number of aryl methyl sites for hydroxylation is 1.